The second-order valence-electron chi connectivity index (χ2n) is 3.94. The summed E-state index contributed by atoms with van der Waals surface area (Å²) in [5.41, 5.74) is 0.903. The number of hydrogen-bond donors (Lipinski definition) is 1. The van der Waals surface area contributed by atoms with Gasteiger partial charge in [0, 0.05) is 10.8 Å². The number of hydrogen-bond acceptors (Lipinski definition) is 2. The summed E-state index contributed by atoms with van der Waals surface area (Å²) in [5.74, 6) is 0.862. The van der Waals surface area contributed by atoms with E-state index in [9.17, 15) is 5.11 Å². The average Bonchev–Trinajstić information content (AvgIpc) is 2.92. The van der Waals surface area contributed by atoms with E-state index in [-0.39, 0.29) is 17.4 Å². The topological polar surface area (TPSA) is 29.5 Å². The summed E-state index contributed by atoms with van der Waals surface area (Å²) in [6, 6.07) is 7.84. The van der Waals surface area contributed by atoms with Gasteiger partial charge in [-0.15, -0.1) is 11.6 Å². The van der Waals surface area contributed by atoms with Crippen molar-refractivity contribution in [3.05, 3.63) is 29.8 Å². The minimum atomic E-state index is -0.202. The molecule has 2 rings (SSSR count). The molecule has 0 aromatic heterocycles. The van der Waals surface area contributed by atoms with Crippen molar-refractivity contribution >= 4 is 11.6 Å². The highest BCUT2D eigenvalue weighted by atomic mass is 35.5. The Kier molecular flexibility index (Phi) is 2.89. The highest BCUT2D eigenvalue weighted by Crippen LogP contribution is 2.51. The van der Waals surface area contributed by atoms with Gasteiger partial charge in [0.25, 0.3) is 0 Å². The van der Waals surface area contributed by atoms with Crippen LogP contribution in [0, 0.1) is 0 Å². The molecule has 1 aliphatic carbocycles. The summed E-state index contributed by atoms with van der Waals surface area (Å²) in [6.45, 7) is 2.75. The van der Waals surface area contributed by atoms with Crippen molar-refractivity contribution in [3.63, 3.8) is 0 Å². The first kappa shape index (κ1) is 10.8. The molecule has 1 N–H and O–H groups in total. The molecule has 2 atom stereocenters. The van der Waals surface area contributed by atoms with E-state index in [0.29, 0.717) is 6.61 Å². The molecule has 1 aromatic rings. The Morgan fingerprint density at radius 2 is 2.07 bits per heavy atom. The second kappa shape index (κ2) is 4.03. The van der Waals surface area contributed by atoms with E-state index < -0.39 is 0 Å². The maximum atomic E-state index is 9.34. The Morgan fingerprint density at radius 1 is 1.47 bits per heavy atom. The van der Waals surface area contributed by atoms with E-state index in [1.807, 2.05) is 31.2 Å². The van der Waals surface area contributed by atoms with Crippen molar-refractivity contribution < 1.29 is 9.84 Å². The number of benzene rings is 1. The second-order valence-corrected chi connectivity index (χ2v) is 4.47. The van der Waals surface area contributed by atoms with Gasteiger partial charge in [0.05, 0.1) is 13.2 Å². The summed E-state index contributed by atoms with van der Waals surface area (Å²) in [6.07, 6.45) is 0.860. The van der Waals surface area contributed by atoms with Crippen molar-refractivity contribution in [1.82, 2.24) is 0 Å². The van der Waals surface area contributed by atoms with Crippen molar-refractivity contribution in [1.29, 1.82) is 0 Å². The maximum Gasteiger partial charge on any atom is 0.119 e. The molecule has 2 nitrogen and oxygen atoms in total. The lowest BCUT2D eigenvalue weighted by Gasteiger charge is -2.13. The van der Waals surface area contributed by atoms with Gasteiger partial charge in [0.15, 0.2) is 0 Å². The molecule has 0 bridgehead atoms. The van der Waals surface area contributed by atoms with E-state index in [1.165, 1.54) is 0 Å². The zero-order chi connectivity index (χ0) is 10.9. The fraction of sp³-hybridized carbons (Fsp3) is 0.500. The molecule has 2 unspecified atom stereocenters. The van der Waals surface area contributed by atoms with Crippen LogP contribution in [0.3, 0.4) is 0 Å². The summed E-state index contributed by atoms with van der Waals surface area (Å²) in [7, 11) is 0. The highest BCUT2D eigenvalue weighted by Gasteiger charge is 2.54. The molecular weight excluding hydrogens is 212 g/mol. The number of aliphatic hydroxyl groups is 1. The number of aliphatic hydroxyl groups excluding tert-OH is 1. The van der Waals surface area contributed by atoms with E-state index >= 15 is 0 Å². The minimum Gasteiger partial charge on any atom is -0.494 e. The molecule has 0 spiro atoms. The lowest BCUT2D eigenvalue weighted by Crippen LogP contribution is -2.15. The Balaban J connectivity index is 2.17. The summed E-state index contributed by atoms with van der Waals surface area (Å²) in [4.78, 5) is 0. The Labute approximate surface area is 94.8 Å². The third-order valence-electron chi connectivity index (χ3n) is 3.01. The van der Waals surface area contributed by atoms with Crippen LogP contribution in [0.2, 0.25) is 0 Å². The summed E-state index contributed by atoms with van der Waals surface area (Å²) < 4.78 is 5.36. The number of halogens is 1. The molecule has 1 aromatic carbocycles. The van der Waals surface area contributed by atoms with Crippen LogP contribution >= 0.6 is 11.6 Å². The monoisotopic (exact) mass is 226 g/mol. The highest BCUT2D eigenvalue weighted by molar-refractivity contribution is 6.24. The predicted octanol–water partition coefficient (Wildman–Crippen LogP) is 2.33. The fourth-order valence-electron chi connectivity index (χ4n) is 1.86. The largest absolute Gasteiger partial charge is 0.494 e. The molecule has 1 fully saturated rings. The average molecular weight is 227 g/mol. The third kappa shape index (κ3) is 1.84. The van der Waals surface area contributed by atoms with E-state index in [0.717, 1.165) is 17.7 Å². The molecule has 0 amide bonds. The molecule has 1 saturated carbocycles. The van der Waals surface area contributed by atoms with E-state index in [4.69, 9.17) is 16.3 Å². The molecule has 82 valence electrons. The minimum absolute atomic E-state index is 0.0699. The standard InChI is InChI=1S/C12H15ClO2/c1-2-15-10-5-3-9(4-6-10)12(8-14)7-11(12)13/h3-6,11,14H,2,7-8H2,1H3. The van der Waals surface area contributed by atoms with Gasteiger partial charge in [-0.25, -0.2) is 0 Å². The first-order valence-electron chi connectivity index (χ1n) is 5.21. The SMILES string of the molecule is CCOc1ccc(C2(CO)CC2Cl)cc1. The Morgan fingerprint density at radius 3 is 2.47 bits per heavy atom. The quantitative estimate of drug-likeness (QED) is 0.799. The van der Waals surface area contributed by atoms with Crippen molar-refractivity contribution in [2.75, 3.05) is 13.2 Å². The third-order valence-corrected chi connectivity index (χ3v) is 3.58. The van der Waals surface area contributed by atoms with Crippen LogP contribution in [0.5, 0.6) is 5.75 Å². The van der Waals surface area contributed by atoms with E-state index in [2.05, 4.69) is 0 Å². The molecule has 0 heterocycles. The van der Waals surface area contributed by atoms with Gasteiger partial charge in [-0.2, -0.15) is 0 Å². The van der Waals surface area contributed by atoms with Crippen LogP contribution in [0.1, 0.15) is 18.9 Å². The van der Waals surface area contributed by atoms with Gasteiger partial charge >= 0.3 is 0 Å². The smallest absolute Gasteiger partial charge is 0.119 e. The van der Waals surface area contributed by atoms with Crippen molar-refractivity contribution in [2.24, 2.45) is 0 Å². The van der Waals surface area contributed by atoms with Crippen LogP contribution in [-0.4, -0.2) is 23.7 Å². The van der Waals surface area contributed by atoms with Crippen LogP contribution in [-0.2, 0) is 5.41 Å². The van der Waals surface area contributed by atoms with Crippen LogP contribution < -0.4 is 4.74 Å². The first-order chi connectivity index (χ1) is 7.23. The molecule has 0 saturated heterocycles. The van der Waals surface area contributed by atoms with Gasteiger partial charge in [0.1, 0.15) is 5.75 Å². The Bertz CT molecular complexity index is 332. The van der Waals surface area contributed by atoms with Gasteiger partial charge in [-0.3, -0.25) is 0 Å². The summed E-state index contributed by atoms with van der Waals surface area (Å²) >= 11 is 6.05. The van der Waals surface area contributed by atoms with Gasteiger partial charge in [0.2, 0.25) is 0 Å². The number of ether oxygens (including phenoxy) is 1. The molecular formula is C12H15ClO2. The molecule has 0 radical (unpaired) electrons. The first-order valence-corrected chi connectivity index (χ1v) is 5.65. The van der Waals surface area contributed by atoms with E-state index in [1.54, 1.807) is 0 Å². The number of rotatable bonds is 4. The zero-order valence-corrected chi connectivity index (χ0v) is 9.50. The van der Waals surface area contributed by atoms with Gasteiger partial charge in [-0.05, 0) is 31.0 Å². The summed E-state index contributed by atoms with van der Waals surface area (Å²) in [5, 5.41) is 9.41. The number of alkyl halides is 1. The van der Waals surface area contributed by atoms with Crippen LogP contribution in [0.25, 0.3) is 0 Å². The normalized spacial score (nSPS) is 28.9. The van der Waals surface area contributed by atoms with Crippen LogP contribution in [0.4, 0.5) is 0 Å². The molecule has 15 heavy (non-hydrogen) atoms. The Hall–Kier alpha value is -0.730. The fourth-order valence-corrected chi connectivity index (χ4v) is 2.33. The predicted molar refractivity (Wildman–Crippen MR) is 60.6 cm³/mol. The maximum absolute atomic E-state index is 9.34. The molecule has 3 heteroatoms. The van der Waals surface area contributed by atoms with Crippen molar-refractivity contribution in [2.45, 2.75) is 24.1 Å². The lowest BCUT2D eigenvalue weighted by molar-refractivity contribution is 0.255. The van der Waals surface area contributed by atoms with Gasteiger partial charge in [-0.1, -0.05) is 12.1 Å². The molecule has 0 aliphatic heterocycles. The lowest BCUT2D eigenvalue weighted by atomic mass is 9.97. The zero-order valence-electron chi connectivity index (χ0n) is 8.74. The van der Waals surface area contributed by atoms with Crippen molar-refractivity contribution in [3.8, 4) is 5.75 Å². The molecule has 1 aliphatic rings. The van der Waals surface area contributed by atoms with Gasteiger partial charge < -0.3 is 9.84 Å². The van der Waals surface area contributed by atoms with Crippen LogP contribution in [0.15, 0.2) is 24.3 Å².